The minimum atomic E-state index is -4.20. The van der Waals surface area contributed by atoms with Crippen LogP contribution in [0.15, 0.2) is 28.5 Å². The quantitative estimate of drug-likeness (QED) is 0.686. The number of benzene rings is 1. The van der Waals surface area contributed by atoms with Crippen molar-refractivity contribution in [2.24, 2.45) is 0 Å². The largest absolute Gasteiger partial charge is 0.382 e. The molecule has 0 saturated heterocycles. The highest BCUT2D eigenvalue weighted by atomic mass is 79.9. The van der Waals surface area contributed by atoms with Crippen molar-refractivity contribution in [1.82, 2.24) is 5.32 Å². The third-order valence-corrected chi connectivity index (χ3v) is 3.81. The standard InChI is InChI=1S/C11H14BrN2O3P/c1-14-5-4-13-10(7-18(15,16)17)9-3-2-8(12)6-11(9)14/h2-3,6-7,13H,4-5H2,1H3,(H2,15,16,17)/b10-7-. The predicted molar refractivity (Wildman–Crippen MR) is 75.4 cm³/mol. The number of likely N-dealkylation sites (N-methyl/N-ethyl adjacent to an activating group) is 1. The molecule has 3 N–H and O–H groups in total. The summed E-state index contributed by atoms with van der Waals surface area (Å²) < 4.78 is 12.1. The Labute approximate surface area is 114 Å². The molecule has 0 radical (unpaired) electrons. The van der Waals surface area contributed by atoms with Crippen molar-refractivity contribution in [3.8, 4) is 0 Å². The smallest absolute Gasteiger partial charge is 0.351 e. The maximum Gasteiger partial charge on any atom is 0.351 e. The molecule has 0 unspecified atom stereocenters. The molecule has 1 heterocycles. The SMILES string of the molecule is CN1CCN/C(=C\P(=O)(O)O)c2ccc(Br)cc21. The number of anilines is 1. The lowest BCUT2D eigenvalue weighted by atomic mass is 10.1. The normalized spacial score (nSPS) is 18.2. The van der Waals surface area contributed by atoms with Crippen LogP contribution in [0.2, 0.25) is 0 Å². The van der Waals surface area contributed by atoms with Crippen LogP contribution in [0.1, 0.15) is 5.56 Å². The summed E-state index contributed by atoms with van der Waals surface area (Å²) in [7, 11) is -2.24. The van der Waals surface area contributed by atoms with Gasteiger partial charge in [-0.2, -0.15) is 0 Å². The molecule has 2 rings (SSSR count). The van der Waals surface area contributed by atoms with E-state index in [1.54, 1.807) is 0 Å². The van der Waals surface area contributed by atoms with Crippen molar-refractivity contribution in [2.75, 3.05) is 25.0 Å². The van der Waals surface area contributed by atoms with Gasteiger partial charge in [-0.05, 0) is 18.2 Å². The Kier molecular flexibility index (Phi) is 3.82. The van der Waals surface area contributed by atoms with Crippen molar-refractivity contribution in [1.29, 1.82) is 0 Å². The molecule has 1 aromatic carbocycles. The van der Waals surface area contributed by atoms with Gasteiger partial charge in [0.2, 0.25) is 0 Å². The van der Waals surface area contributed by atoms with Gasteiger partial charge in [0.05, 0.1) is 11.5 Å². The first-order valence-electron chi connectivity index (χ1n) is 5.40. The monoisotopic (exact) mass is 332 g/mol. The fraction of sp³-hybridized carbons (Fsp3) is 0.273. The van der Waals surface area contributed by atoms with E-state index in [0.717, 1.165) is 28.1 Å². The second-order valence-electron chi connectivity index (χ2n) is 4.14. The van der Waals surface area contributed by atoms with E-state index in [0.29, 0.717) is 12.2 Å². The van der Waals surface area contributed by atoms with Gasteiger partial charge < -0.3 is 20.0 Å². The van der Waals surface area contributed by atoms with Crippen molar-refractivity contribution in [2.45, 2.75) is 0 Å². The van der Waals surface area contributed by atoms with Crippen molar-refractivity contribution < 1.29 is 14.4 Å². The lowest BCUT2D eigenvalue weighted by molar-refractivity contribution is 0.386. The summed E-state index contributed by atoms with van der Waals surface area (Å²) in [4.78, 5) is 20.2. The van der Waals surface area contributed by atoms with Crippen LogP contribution in [-0.4, -0.2) is 29.9 Å². The molecule has 5 nitrogen and oxygen atoms in total. The highest BCUT2D eigenvalue weighted by Crippen LogP contribution is 2.41. The van der Waals surface area contributed by atoms with Gasteiger partial charge in [-0.15, -0.1) is 0 Å². The summed E-state index contributed by atoms with van der Waals surface area (Å²) in [5, 5.41) is 3.06. The van der Waals surface area contributed by atoms with Crippen LogP contribution in [-0.2, 0) is 4.57 Å². The highest BCUT2D eigenvalue weighted by molar-refractivity contribution is 9.10. The third kappa shape index (κ3) is 3.14. The zero-order chi connectivity index (χ0) is 13.3. The summed E-state index contributed by atoms with van der Waals surface area (Å²) in [6.45, 7) is 1.40. The molecule has 0 saturated carbocycles. The maximum atomic E-state index is 11.1. The fourth-order valence-corrected chi connectivity index (χ4v) is 2.82. The van der Waals surface area contributed by atoms with Gasteiger partial charge in [-0.1, -0.05) is 15.9 Å². The van der Waals surface area contributed by atoms with E-state index in [-0.39, 0.29) is 0 Å². The Balaban J connectivity index is 2.57. The second-order valence-corrected chi connectivity index (χ2v) is 6.49. The average Bonchev–Trinajstić information content (AvgIpc) is 2.38. The molecule has 0 aliphatic carbocycles. The molecule has 98 valence electrons. The second kappa shape index (κ2) is 5.05. The van der Waals surface area contributed by atoms with E-state index >= 15 is 0 Å². The van der Waals surface area contributed by atoms with E-state index in [4.69, 9.17) is 9.79 Å². The number of halogens is 1. The fourth-order valence-electron chi connectivity index (χ4n) is 1.91. The van der Waals surface area contributed by atoms with Crippen LogP contribution in [0.5, 0.6) is 0 Å². The lowest BCUT2D eigenvalue weighted by Gasteiger charge is -2.18. The number of nitrogens with zero attached hydrogens (tertiary/aromatic N) is 1. The highest BCUT2D eigenvalue weighted by Gasteiger charge is 2.19. The summed E-state index contributed by atoms with van der Waals surface area (Å²) in [6.07, 6.45) is 0. The number of rotatable bonds is 1. The minimum absolute atomic E-state index is 0.482. The molecule has 0 aromatic heterocycles. The predicted octanol–water partition coefficient (Wildman–Crippen LogP) is 1.96. The Morgan fingerprint density at radius 2 is 2.22 bits per heavy atom. The third-order valence-electron chi connectivity index (χ3n) is 2.72. The van der Waals surface area contributed by atoms with Crippen molar-refractivity contribution in [3.63, 3.8) is 0 Å². The zero-order valence-electron chi connectivity index (χ0n) is 9.80. The first-order chi connectivity index (χ1) is 8.37. The van der Waals surface area contributed by atoms with E-state index in [1.807, 2.05) is 30.1 Å². The first kappa shape index (κ1) is 13.6. The summed E-state index contributed by atoms with van der Waals surface area (Å²) in [5.74, 6) is 0.985. The van der Waals surface area contributed by atoms with Crippen LogP contribution in [0, 0.1) is 0 Å². The molecular weight excluding hydrogens is 319 g/mol. The van der Waals surface area contributed by atoms with Crippen LogP contribution in [0.3, 0.4) is 0 Å². The Morgan fingerprint density at radius 1 is 1.50 bits per heavy atom. The molecule has 1 aliphatic heterocycles. The summed E-state index contributed by atoms with van der Waals surface area (Å²) in [5.41, 5.74) is 2.21. The van der Waals surface area contributed by atoms with Gasteiger partial charge in [0.25, 0.3) is 0 Å². The molecule has 0 fully saturated rings. The molecule has 0 amide bonds. The van der Waals surface area contributed by atoms with E-state index in [9.17, 15) is 4.57 Å². The van der Waals surface area contributed by atoms with Gasteiger partial charge in [-0.3, -0.25) is 4.57 Å². The molecule has 1 aliphatic rings. The van der Waals surface area contributed by atoms with Gasteiger partial charge in [-0.25, -0.2) is 0 Å². The molecule has 0 bridgehead atoms. The maximum absolute atomic E-state index is 11.1. The molecule has 0 atom stereocenters. The number of hydrogen-bond acceptors (Lipinski definition) is 3. The van der Waals surface area contributed by atoms with Crippen molar-refractivity contribution >= 4 is 34.9 Å². The van der Waals surface area contributed by atoms with E-state index in [2.05, 4.69) is 21.2 Å². The average molecular weight is 333 g/mol. The first-order valence-corrected chi connectivity index (χ1v) is 7.87. The molecule has 1 aromatic rings. The van der Waals surface area contributed by atoms with Gasteiger partial charge in [0.15, 0.2) is 0 Å². The van der Waals surface area contributed by atoms with E-state index in [1.165, 1.54) is 0 Å². The zero-order valence-corrected chi connectivity index (χ0v) is 12.3. The van der Waals surface area contributed by atoms with E-state index < -0.39 is 7.60 Å². The number of fused-ring (bicyclic) bond motifs is 1. The van der Waals surface area contributed by atoms with Crippen LogP contribution in [0.25, 0.3) is 5.70 Å². The van der Waals surface area contributed by atoms with Crippen LogP contribution in [0.4, 0.5) is 5.69 Å². The Hall–Kier alpha value is -0.810. The molecular formula is C11H14BrN2O3P. The van der Waals surface area contributed by atoms with Crippen molar-refractivity contribution in [3.05, 3.63) is 34.1 Å². The Bertz CT molecular complexity index is 541. The van der Waals surface area contributed by atoms with Gasteiger partial charge in [0.1, 0.15) is 0 Å². The topological polar surface area (TPSA) is 72.8 Å². The van der Waals surface area contributed by atoms with Crippen LogP contribution < -0.4 is 10.2 Å². The number of hydrogen-bond donors (Lipinski definition) is 3. The summed E-state index contributed by atoms with van der Waals surface area (Å²) >= 11 is 3.40. The van der Waals surface area contributed by atoms with Gasteiger partial charge >= 0.3 is 7.60 Å². The summed E-state index contributed by atoms with van der Waals surface area (Å²) in [6, 6.07) is 5.64. The molecule has 18 heavy (non-hydrogen) atoms. The number of nitrogens with one attached hydrogen (secondary N) is 1. The van der Waals surface area contributed by atoms with Gasteiger partial charge in [0, 0.05) is 35.9 Å². The molecule has 0 spiro atoms. The minimum Gasteiger partial charge on any atom is -0.382 e. The Morgan fingerprint density at radius 3 is 2.89 bits per heavy atom. The lowest BCUT2D eigenvalue weighted by Crippen LogP contribution is -2.24. The van der Waals surface area contributed by atoms with Crippen LogP contribution >= 0.6 is 23.5 Å². The molecule has 7 heteroatoms.